The molecule has 2 heterocycles. The van der Waals surface area contributed by atoms with Crippen LogP contribution in [0.4, 0.5) is 0 Å². The Morgan fingerprint density at radius 2 is 2.14 bits per heavy atom. The van der Waals surface area contributed by atoms with Gasteiger partial charge in [-0.3, -0.25) is 4.90 Å². The minimum Gasteiger partial charge on any atom is -0.338 e. The van der Waals surface area contributed by atoms with Crippen molar-refractivity contribution in [3.05, 3.63) is 36.2 Å². The van der Waals surface area contributed by atoms with Gasteiger partial charge in [0.2, 0.25) is 11.7 Å². The SMILES string of the molecule is CNCC1CCCN(Cc2nc(-c3ccccc3)no2)C1.Cl. The third-order valence-corrected chi connectivity index (χ3v) is 3.95. The molecule has 1 aliphatic heterocycles. The van der Waals surface area contributed by atoms with Crippen LogP contribution in [0.5, 0.6) is 0 Å². The number of rotatable bonds is 5. The largest absolute Gasteiger partial charge is 0.338 e. The number of halogens is 1. The molecular formula is C16H23ClN4O. The molecule has 1 aliphatic rings. The van der Waals surface area contributed by atoms with Gasteiger partial charge in [-0.15, -0.1) is 12.4 Å². The van der Waals surface area contributed by atoms with Crippen molar-refractivity contribution in [1.82, 2.24) is 20.4 Å². The van der Waals surface area contributed by atoms with Crippen LogP contribution in [0.1, 0.15) is 18.7 Å². The van der Waals surface area contributed by atoms with Crippen LogP contribution >= 0.6 is 12.4 Å². The van der Waals surface area contributed by atoms with Crippen LogP contribution in [-0.4, -0.2) is 41.7 Å². The Morgan fingerprint density at radius 3 is 2.91 bits per heavy atom. The van der Waals surface area contributed by atoms with Crippen molar-refractivity contribution in [2.75, 3.05) is 26.7 Å². The Hall–Kier alpha value is -1.43. The van der Waals surface area contributed by atoms with Crippen molar-refractivity contribution in [3.8, 4) is 11.4 Å². The summed E-state index contributed by atoms with van der Waals surface area (Å²) >= 11 is 0. The monoisotopic (exact) mass is 322 g/mol. The fourth-order valence-corrected chi connectivity index (χ4v) is 2.97. The Bertz CT molecular complexity index is 558. The number of hydrogen-bond acceptors (Lipinski definition) is 5. The zero-order valence-corrected chi connectivity index (χ0v) is 13.7. The van der Waals surface area contributed by atoms with E-state index in [0.29, 0.717) is 11.7 Å². The summed E-state index contributed by atoms with van der Waals surface area (Å²) < 4.78 is 5.40. The molecular weight excluding hydrogens is 300 g/mol. The molecule has 22 heavy (non-hydrogen) atoms. The lowest BCUT2D eigenvalue weighted by Gasteiger charge is -2.31. The number of benzene rings is 1. The van der Waals surface area contributed by atoms with Gasteiger partial charge in [-0.25, -0.2) is 0 Å². The number of nitrogens with one attached hydrogen (secondary N) is 1. The van der Waals surface area contributed by atoms with E-state index in [0.717, 1.165) is 37.7 Å². The van der Waals surface area contributed by atoms with E-state index in [4.69, 9.17) is 4.52 Å². The Morgan fingerprint density at radius 1 is 1.32 bits per heavy atom. The highest BCUT2D eigenvalue weighted by atomic mass is 35.5. The second-order valence-corrected chi connectivity index (χ2v) is 5.68. The lowest BCUT2D eigenvalue weighted by Crippen LogP contribution is -2.38. The molecule has 5 nitrogen and oxygen atoms in total. The fourth-order valence-electron chi connectivity index (χ4n) is 2.97. The van der Waals surface area contributed by atoms with Crippen LogP contribution in [0.15, 0.2) is 34.9 Å². The molecule has 0 saturated carbocycles. The number of nitrogens with zero attached hydrogens (tertiary/aromatic N) is 3. The maximum Gasteiger partial charge on any atom is 0.241 e. The second-order valence-electron chi connectivity index (χ2n) is 5.68. The second kappa shape index (κ2) is 8.27. The van der Waals surface area contributed by atoms with Gasteiger partial charge in [-0.2, -0.15) is 4.98 Å². The number of hydrogen-bond donors (Lipinski definition) is 1. The summed E-state index contributed by atoms with van der Waals surface area (Å²) in [5.74, 6) is 2.11. The van der Waals surface area contributed by atoms with Crippen LogP contribution in [0.25, 0.3) is 11.4 Å². The topological polar surface area (TPSA) is 54.2 Å². The minimum atomic E-state index is 0. The molecule has 1 atom stereocenters. The zero-order chi connectivity index (χ0) is 14.5. The summed E-state index contributed by atoms with van der Waals surface area (Å²) in [5, 5.41) is 7.35. The molecule has 3 rings (SSSR count). The van der Waals surface area contributed by atoms with Crippen molar-refractivity contribution in [1.29, 1.82) is 0 Å². The van der Waals surface area contributed by atoms with Gasteiger partial charge < -0.3 is 9.84 Å². The lowest BCUT2D eigenvalue weighted by molar-refractivity contribution is 0.149. The lowest BCUT2D eigenvalue weighted by atomic mass is 9.98. The molecule has 1 aromatic carbocycles. The summed E-state index contributed by atoms with van der Waals surface area (Å²) in [7, 11) is 2.02. The third kappa shape index (κ3) is 4.29. The Kier molecular flexibility index (Phi) is 6.36. The van der Waals surface area contributed by atoms with Crippen molar-refractivity contribution >= 4 is 12.4 Å². The van der Waals surface area contributed by atoms with Crippen molar-refractivity contribution in [2.24, 2.45) is 5.92 Å². The average molecular weight is 323 g/mol. The van der Waals surface area contributed by atoms with E-state index in [-0.39, 0.29) is 12.4 Å². The van der Waals surface area contributed by atoms with Crippen LogP contribution in [0, 0.1) is 5.92 Å². The van der Waals surface area contributed by atoms with Gasteiger partial charge >= 0.3 is 0 Å². The molecule has 0 aliphatic carbocycles. The molecule has 1 aromatic heterocycles. The van der Waals surface area contributed by atoms with Crippen LogP contribution in [-0.2, 0) is 6.54 Å². The summed E-state index contributed by atoms with van der Waals surface area (Å²) in [6, 6.07) is 9.95. The maximum atomic E-state index is 5.40. The molecule has 1 fully saturated rings. The van der Waals surface area contributed by atoms with E-state index in [1.54, 1.807) is 0 Å². The first kappa shape index (κ1) is 16.9. The van der Waals surface area contributed by atoms with Gasteiger partial charge in [-0.05, 0) is 38.9 Å². The van der Waals surface area contributed by atoms with E-state index >= 15 is 0 Å². The molecule has 0 bridgehead atoms. The maximum absolute atomic E-state index is 5.40. The first-order chi connectivity index (χ1) is 10.3. The van der Waals surface area contributed by atoms with Gasteiger partial charge in [0.25, 0.3) is 0 Å². The highest BCUT2D eigenvalue weighted by Crippen LogP contribution is 2.19. The predicted octanol–water partition coefficient (Wildman–Crippen LogP) is 2.59. The molecule has 2 aromatic rings. The van der Waals surface area contributed by atoms with Gasteiger partial charge in [-0.1, -0.05) is 35.5 Å². The van der Waals surface area contributed by atoms with Crippen LogP contribution < -0.4 is 5.32 Å². The highest BCUT2D eigenvalue weighted by molar-refractivity contribution is 5.85. The predicted molar refractivity (Wildman–Crippen MR) is 88.9 cm³/mol. The fraction of sp³-hybridized carbons (Fsp3) is 0.500. The van der Waals surface area contributed by atoms with E-state index in [1.807, 2.05) is 37.4 Å². The quantitative estimate of drug-likeness (QED) is 0.917. The van der Waals surface area contributed by atoms with E-state index in [1.165, 1.54) is 12.8 Å². The number of piperidine rings is 1. The number of aromatic nitrogens is 2. The van der Waals surface area contributed by atoms with E-state index in [9.17, 15) is 0 Å². The molecule has 0 amide bonds. The molecule has 0 radical (unpaired) electrons. The van der Waals surface area contributed by atoms with Crippen LogP contribution in [0.3, 0.4) is 0 Å². The Labute approximate surface area is 137 Å². The molecule has 0 spiro atoms. The average Bonchev–Trinajstić information content (AvgIpc) is 2.97. The summed E-state index contributed by atoms with van der Waals surface area (Å²) in [5.41, 5.74) is 0.999. The van der Waals surface area contributed by atoms with Crippen LogP contribution in [0.2, 0.25) is 0 Å². The molecule has 6 heteroatoms. The highest BCUT2D eigenvalue weighted by Gasteiger charge is 2.21. The standard InChI is InChI=1S/C16H22N4O.ClH/c1-17-10-13-6-5-9-20(11-13)12-15-18-16(19-21-15)14-7-3-2-4-8-14;/h2-4,7-8,13,17H,5-6,9-12H2,1H3;1H. The summed E-state index contributed by atoms with van der Waals surface area (Å²) in [6.45, 7) is 4.04. The van der Waals surface area contributed by atoms with Crippen molar-refractivity contribution in [3.63, 3.8) is 0 Å². The molecule has 1 N–H and O–H groups in total. The van der Waals surface area contributed by atoms with Crippen molar-refractivity contribution < 1.29 is 4.52 Å². The molecule has 1 saturated heterocycles. The molecule has 1 unspecified atom stereocenters. The van der Waals surface area contributed by atoms with Crippen molar-refractivity contribution in [2.45, 2.75) is 19.4 Å². The minimum absolute atomic E-state index is 0. The Balaban J connectivity index is 0.00000176. The summed E-state index contributed by atoms with van der Waals surface area (Å²) in [6.07, 6.45) is 2.54. The number of likely N-dealkylation sites (tertiary alicyclic amines) is 1. The normalized spacial score (nSPS) is 18.9. The summed E-state index contributed by atoms with van der Waals surface area (Å²) in [4.78, 5) is 6.92. The first-order valence-electron chi connectivity index (χ1n) is 7.60. The van der Waals surface area contributed by atoms with E-state index < -0.39 is 0 Å². The first-order valence-corrected chi connectivity index (χ1v) is 7.60. The third-order valence-electron chi connectivity index (χ3n) is 3.95. The van der Waals surface area contributed by atoms with E-state index in [2.05, 4.69) is 20.4 Å². The van der Waals surface area contributed by atoms with Gasteiger partial charge in [0.1, 0.15) is 0 Å². The van der Waals surface area contributed by atoms with Gasteiger partial charge in [0.05, 0.1) is 6.54 Å². The zero-order valence-electron chi connectivity index (χ0n) is 12.9. The molecule has 120 valence electrons. The van der Waals surface area contributed by atoms with Gasteiger partial charge in [0.15, 0.2) is 0 Å². The van der Waals surface area contributed by atoms with Gasteiger partial charge in [0, 0.05) is 12.1 Å². The smallest absolute Gasteiger partial charge is 0.241 e.